The van der Waals surface area contributed by atoms with Crippen LogP contribution < -0.4 is 5.32 Å². The van der Waals surface area contributed by atoms with Crippen LogP contribution in [0.15, 0.2) is 36.5 Å². The zero-order chi connectivity index (χ0) is 13.2. The Bertz CT molecular complexity index is 725. The summed E-state index contributed by atoms with van der Waals surface area (Å²) in [5, 5.41) is 10.3. The van der Waals surface area contributed by atoms with Crippen molar-refractivity contribution in [3.05, 3.63) is 52.9 Å². The Morgan fingerprint density at radius 3 is 3.05 bits per heavy atom. The van der Waals surface area contributed by atoms with Crippen LogP contribution >= 0.6 is 11.6 Å². The lowest BCUT2D eigenvalue weighted by molar-refractivity contribution is 0.627. The Labute approximate surface area is 113 Å². The van der Waals surface area contributed by atoms with Crippen LogP contribution in [-0.4, -0.2) is 15.2 Å². The summed E-state index contributed by atoms with van der Waals surface area (Å²) in [5.41, 5.74) is 2.51. The second-order valence-corrected chi connectivity index (χ2v) is 4.48. The Balaban J connectivity index is 1.80. The van der Waals surface area contributed by atoms with Crippen LogP contribution in [0.25, 0.3) is 11.0 Å². The van der Waals surface area contributed by atoms with E-state index in [4.69, 9.17) is 11.6 Å². The lowest BCUT2D eigenvalue weighted by Gasteiger charge is -2.04. The summed E-state index contributed by atoms with van der Waals surface area (Å²) < 4.78 is 13.0. The summed E-state index contributed by atoms with van der Waals surface area (Å²) in [6.45, 7) is 0.497. The zero-order valence-corrected chi connectivity index (χ0v) is 10.6. The molecule has 2 N–H and O–H groups in total. The monoisotopic (exact) mass is 276 g/mol. The second-order valence-electron chi connectivity index (χ2n) is 4.07. The summed E-state index contributed by atoms with van der Waals surface area (Å²) in [4.78, 5) is 4.24. The Morgan fingerprint density at radius 2 is 2.21 bits per heavy atom. The number of pyridine rings is 1. The molecular weight excluding hydrogens is 267 g/mol. The molecule has 19 heavy (non-hydrogen) atoms. The molecule has 4 nitrogen and oxygen atoms in total. The van der Waals surface area contributed by atoms with Crippen molar-refractivity contribution in [2.75, 3.05) is 5.32 Å². The lowest BCUT2D eigenvalue weighted by Crippen LogP contribution is -2.00. The number of halogens is 2. The maximum Gasteiger partial charge on any atom is 0.174 e. The highest BCUT2D eigenvalue weighted by molar-refractivity contribution is 6.30. The van der Waals surface area contributed by atoms with E-state index in [1.165, 1.54) is 6.07 Å². The Hall–Kier alpha value is -2.14. The van der Waals surface area contributed by atoms with Crippen LogP contribution in [0.5, 0.6) is 0 Å². The molecular formula is C13H10ClFN4. The summed E-state index contributed by atoms with van der Waals surface area (Å²) in [6, 6.07) is 8.35. The minimum atomic E-state index is -0.419. The van der Waals surface area contributed by atoms with Crippen molar-refractivity contribution in [1.29, 1.82) is 0 Å². The van der Waals surface area contributed by atoms with Gasteiger partial charge in [-0.25, -0.2) is 4.39 Å². The SMILES string of the molecule is Fc1ccc(CNc2n[nH]c3cccnc23)cc1Cl. The summed E-state index contributed by atoms with van der Waals surface area (Å²) in [6.07, 6.45) is 1.71. The number of aromatic nitrogens is 3. The van der Waals surface area contributed by atoms with Crippen LogP contribution in [0.3, 0.4) is 0 Å². The number of hydrogen-bond acceptors (Lipinski definition) is 3. The van der Waals surface area contributed by atoms with Gasteiger partial charge in [-0.2, -0.15) is 5.10 Å². The van der Waals surface area contributed by atoms with E-state index in [0.717, 1.165) is 16.6 Å². The largest absolute Gasteiger partial charge is 0.363 e. The van der Waals surface area contributed by atoms with Gasteiger partial charge >= 0.3 is 0 Å². The third-order valence-corrected chi connectivity index (χ3v) is 3.05. The molecule has 6 heteroatoms. The van der Waals surface area contributed by atoms with Gasteiger partial charge < -0.3 is 5.32 Å². The van der Waals surface area contributed by atoms with Gasteiger partial charge in [0.05, 0.1) is 10.5 Å². The van der Waals surface area contributed by atoms with E-state index in [2.05, 4.69) is 20.5 Å². The molecule has 0 aliphatic heterocycles. The van der Waals surface area contributed by atoms with Gasteiger partial charge in [-0.05, 0) is 29.8 Å². The number of fused-ring (bicyclic) bond motifs is 1. The zero-order valence-electron chi connectivity index (χ0n) is 9.82. The fourth-order valence-corrected chi connectivity index (χ4v) is 2.02. The van der Waals surface area contributed by atoms with E-state index in [-0.39, 0.29) is 5.02 Å². The molecule has 0 fully saturated rings. The first kappa shape index (κ1) is 11.9. The van der Waals surface area contributed by atoms with Crippen LogP contribution in [0, 0.1) is 5.82 Å². The summed E-state index contributed by atoms with van der Waals surface area (Å²) in [5.74, 6) is 0.244. The number of aromatic amines is 1. The van der Waals surface area contributed by atoms with Crippen molar-refractivity contribution in [2.24, 2.45) is 0 Å². The average molecular weight is 277 g/mol. The minimum absolute atomic E-state index is 0.115. The first-order valence-corrected chi connectivity index (χ1v) is 6.09. The summed E-state index contributed by atoms with van der Waals surface area (Å²) in [7, 11) is 0. The molecule has 0 bridgehead atoms. The van der Waals surface area contributed by atoms with Gasteiger partial charge in [-0.15, -0.1) is 0 Å². The predicted octanol–water partition coefficient (Wildman–Crippen LogP) is 3.36. The molecule has 0 saturated carbocycles. The maximum absolute atomic E-state index is 13.0. The normalized spacial score (nSPS) is 10.8. The first-order chi connectivity index (χ1) is 9.24. The Morgan fingerprint density at radius 1 is 1.32 bits per heavy atom. The van der Waals surface area contributed by atoms with Crippen LogP contribution in [-0.2, 0) is 6.54 Å². The maximum atomic E-state index is 13.0. The molecule has 2 heterocycles. The molecule has 96 valence electrons. The number of benzene rings is 1. The quantitative estimate of drug-likeness (QED) is 0.771. The molecule has 0 saturated heterocycles. The number of rotatable bonds is 3. The molecule has 0 unspecified atom stereocenters. The topological polar surface area (TPSA) is 53.6 Å². The molecule has 0 amide bonds. The van der Waals surface area contributed by atoms with Crippen molar-refractivity contribution < 1.29 is 4.39 Å². The number of nitrogens with zero attached hydrogens (tertiary/aromatic N) is 2. The molecule has 3 rings (SSSR count). The molecule has 2 aromatic heterocycles. The van der Waals surface area contributed by atoms with Crippen LogP contribution in [0.1, 0.15) is 5.56 Å². The highest BCUT2D eigenvalue weighted by atomic mass is 35.5. The van der Waals surface area contributed by atoms with Crippen molar-refractivity contribution in [1.82, 2.24) is 15.2 Å². The van der Waals surface area contributed by atoms with Gasteiger partial charge in [0.25, 0.3) is 0 Å². The van der Waals surface area contributed by atoms with Crippen molar-refractivity contribution in [3.63, 3.8) is 0 Å². The van der Waals surface area contributed by atoms with Gasteiger partial charge in [0, 0.05) is 12.7 Å². The Kier molecular flexibility index (Phi) is 3.05. The standard InChI is InChI=1S/C13H10ClFN4/c14-9-6-8(3-4-10(9)15)7-17-13-12-11(18-19-13)2-1-5-16-12/h1-6H,7H2,(H2,17,18,19). The van der Waals surface area contributed by atoms with Gasteiger partial charge in [-0.3, -0.25) is 10.1 Å². The van der Waals surface area contributed by atoms with Gasteiger partial charge in [0.15, 0.2) is 5.82 Å². The van der Waals surface area contributed by atoms with Crippen LogP contribution in [0.4, 0.5) is 10.2 Å². The number of H-pyrrole nitrogens is 1. The third-order valence-electron chi connectivity index (χ3n) is 2.76. The number of hydrogen-bond donors (Lipinski definition) is 2. The van der Waals surface area contributed by atoms with Gasteiger partial charge in [0.2, 0.25) is 0 Å². The number of nitrogens with one attached hydrogen (secondary N) is 2. The average Bonchev–Trinajstić information content (AvgIpc) is 2.83. The van der Waals surface area contributed by atoms with E-state index >= 15 is 0 Å². The van der Waals surface area contributed by atoms with Crippen molar-refractivity contribution in [3.8, 4) is 0 Å². The molecule has 0 atom stereocenters. The van der Waals surface area contributed by atoms with E-state index in [9.17, 15) is 4.39 Å². The first-order valence-electron chi connectivity index (χ1n) is 5.71. The minimum Gasteiger partial charge on any atom is -0.363 e. The third kappa shape index (κ3) is 2.37. The molecule has 0 radical (unpaired) electrons. The predicted molar refractivity (Wildman–Crippen MR) is 72.6 cm³/mol. The molecule has 0 aliphatic carbocycles. The second kappa shape index (κ2) is 4.85. The molecule has 0 aliphatic rings. The fourth-order valence-electron chi connectivity index (χ4n) is 1.81. The van der Waals surface area contributed by atoms with Crippen molar-refractivity contribution >= 4 is 28.5 Å². The smallest absolute Gasteiger partial charge is 0.174 e. The molecule has 0 spiro atoms. The van der Waals surface area contributed by atoms with Crippen molar-refractivity contribution in [2.45, 2.75) is 6.54 Å². The van der Waals surface area contributed by atoms with Crippen LogP contribution in [0.2, 0.25) is 5.02 Å². The highest BCUT2D eigenvalue weighted by Crippen LogP contribution is 2.19. The molecule has 1 aromatic carbocycles. The highest BCUT2D eigenvalue weighted by Gasteiger charge is 2.06. The number of anilines is 1. The summed E-state index contributed by atoms with van der Waals surface area (Å²) >= 11 is 5.73. The van der Waals surface area contributed by atoms with E-state index in [1.54, 1.807) is 18.3 Å². The van der Waals surface area contributed by atoms with E-state index in [1.807, 2.05) is 12.1 Å². The lowest BCUT2D eigenvalue weighted by atomic mass is 10.2. The van der Waals surface area contributed by atoms with Gasteiger partial charge in [0.1, 0.15) is 11.3 Å². The van der Waals surface area contributed by atoms with E-state index in [0.29, 0.717) is 12.4 Å². The van der Waals surface area contributed by atoms with Gasteiger partial charge in [-0.1, -0.05) is 17.7 Å². The fraction of sp³-hybridized carbons (Fsp3) is 0.0769. The van der Waals surface area contributed by atoms with E-state index < -0.39 is 5.82 Å². The molecule has 3 aromatic rings.